The van der Waals surface area contributed by atoms with Gasteiger partial charge in [-0.15, -0.1) is 0 Å². The molecule has 10 aromatic carbocycles. The van der Waals surface area contributed by atoms with E-state index < -0.39 is 0 Å². The topological polar surface area (TPSA) is 16.4 Å². The molecule has 0 aliphatic heterocycles. The van der Waals surface area contributed by atoms with Crippen LogP contribution >= 0.6 is 0 Å². The third-order valence-electron chi connectivity index (χ3n) is 15.4. The van der Waals surface area contributed by atoms with Crippen molar-refractivity contribution in [2.45, 2.75) is 50.4 Å². The van der Waals surface area contributed by atoms with Crippen LogP contribution in [-0.4, -0.2) is 0 Å². The van der Waals surface area contributed by atoms with Gasteiger partial charge in [-0.05, 0) is 123 Å². The Hall–Kier alpha value is -7.94. The second-order valence-corrected chi connectivity index (χ2v) is 19.0. The van der Waals surface area contributed by atoms with Crippen molar-refractivity contribution in [1.29, 1.82) is 0 Å². The molecular formula is C66H51NO. The number of hydrogen-bond donors (Lipinski definition) is 0. The molecule has 13 rings (SSSR count). The van der Waals surface area contributed by atoms with Crippen LogP contribution in [-0.2, 0) is 5.41 Å². The average molecular weight is 874 g/mol. The zero-order valence-corrected chi connectivity index (χ0v) is 38.3. The second-order valence-electron chi connectivity index (χ2n) is 19.0. The minimum atomic E-state index is -0.323. The molecule has 0 amide bonds. The van der Waals surface area contributed by atoms with E-state index in [1.165, 1.54) is 98.5 Å². The maximum absolute atomic E-state index is 6.55. The Labute approximate surface area is 398 Å². The lowest BCUT2D eigenvalue weighted by molar-refractivity contribution is 0.445. The number of nitrogens with zero attached hydrogens (tertiary/aromatic N) is 1. The molecule has 1 atom stereocenters. The molecule has 0 radical (unpaired) electrons. The molecule has 1 heterocycles. The fourth-order valence-corrected chi connectivity index (χ4v) is 12.2. The molecule has 1 aromatic heterocycles. The van der Waals surface area contributed by atoms with Crippen molar-refractivity contribution in [2.75, 3.05) is 4.90 Å². The third-order valence-corrected chi connectivity index (χ3v) is 15.4. The van der Waals surface area contributed by atoms with Crippen LogP contribution in [0.1, 0.15) is 67.2 Å². The van der Waals surface area contributed by atoms with Crippen LogP contribution in [0.4, 0.5) is 17.1 Å². The number of para-hydroxylation sites is 4. The Balaban J connectivity index is 1.08. The van der Waals surface area contributed by atoms with Crippen molar-refractivity contribution in [2.24, 2.45) is 0 Å². The summed E-state index contributed by atoms with van der Waals surface area (Å²) in [5, 5.41) is 4.94. The number of fused-ring (bicyclic) bond motifs is 7. The van der Waals surface area contributed by atoms with Gasteiger partial charge in [0.15, 0.2) is 0 Å². The molecule has 2 heteroatoms. The molecule has 1 saturated carbocycles. The summed E-state index contributed by atoms with van der Waals surface area (Å²) in [7, 11) is 0. The van der Waals surface area contributed by atoms with Crippen molar-refractivity contribution < 1.29 is 4.42 Å². The molecule has 2 aliphatic carbocycles. The highest BCUT2D eigenvalue weighted by atomic mass is 16.3. The fourth-order valence-electron chi connectivity index (χ4n) is 12.2. The molecule has 0 spiro atoms. The number of furan rings is 1. The molecule has 11 aromatic rings. The first-order chi connectivity index (χ1) is 33.6. The zero-order chi connectivity index (χ0) is 45.2. The molecule has 0 saturated heterocycles. The summed E-state index contributed by atoms with van der Waals surface area (Å²) in [6.07, 6.45) is 6.39. The van der Waals surface area contributed by atoms with Crippen LogP contribution in [0, 0.1) is 0 Å². The summed E-state index contributed by atoms with van der Waals surface area (Å²) >= 11 is 0. The highest BCUT2D eigenvalue weighted by molar-refractivity contribution is 6.08. The second kappa shape index (κ2) is 16.4. The van der Waals surface area contributed by atoms with Gasteiger partial charge in [0.2, 0.25) is 0 Å². The van der Waals surface area contributed by atoms with Crippen molar-refractivity contribution in [3.63, 3.8) is 0 Å². The predicted octanol–water partition coefficient (Wildman–Crippen LogP) is 18.6. The molecular weight excluding hydrogens is 823 g/mol. The third kappa shape index (κ3) is 6.39. The van der Waals surface area contributed by atoms with E-state index in [1.807, 2.05) is 6.07 Å². The Kier molecular flexibility index (Phi) is 9.75. The molecule has 2 nitrogen and oxygen atoms in total. The van der Waals surface area contributed by atoms with Gasteiger partial charge in [0, 0.05) is 32.9 Å². The smallest absolute Gasteiger partial charge is 0.136 e. The highest BCUT2D eigenvalue weighted by Crippen LogP contribution is 2.57. The summed E-state index contributed by atoms with van der Waals surface area (Å²) in [6, 6.07) is 83.2. The van der Waals surface area contributed by atoms with Crippen molar-refractivity contribution in [1.82, 2.24) is 0 Å². The fraction of sp³-hybridized carbons (Fsp3) is 0.121. The van der Waals surface area contributed by atoms with E-state index in [0.717, 1.165) is 50.1 Å². The largest absolute Gasteiger partial charge is 0.456 e. The predicted molar refractivity (Wildman–Crippen MR) is 285 cm³/mol. The maximum Gasteiger partial charge on any atom is 0.136 e. The van der Waals surface area contributed by atoms with Crippen LogP contribution in [0.25, 0.3) is 77.2 Å². The van der Waals surface area contributed by atoms with Gasteiger partial charge in [0.1, 0.15) is 11.2 Å². The van der Waals surface area contributed by atoms with Crippen LogP contribution in [0.15, 0.2) is 229 Å². The van der Waals surface area contributed by atoms with Crippen LogP contribution in [0.5, 0.6) is 0 Å². The lowest BCUT2D eigenvalue weighted by Crippen LogP contribution is -2.22. The minimum absolute atomic E-state index is 0.323. The Morgan fingerprint density at radius 3 is 1.76 bits per heavy atom. The number of hydrogen-bond acceptors (Lipinski definition) is 2. The van der Waals surface area contributed by atoms with Gasteiger partial charge in [-0.3, -0.25) is 0 Å². The van der Waals surface area contributed by atoms with Crippen molar-refractivity contribution in [3.8, 4) is 44.5 Å². The Morgan fingerprint density at radius 2 is 0.985 bits per heavy atom. The Morgan fingerprint density at radius 1 is 0.426 bits per heavy atom. The van der Waals surface area contributed by atoms with Gasteiger partial charge in [0.05, 0.1) is 17.1 Å². The average Bonchev–Trinajstić information content (AvgIpc) is 3.92. The quantitative estimate of drug-likeness (QED) is 0.151. The Bertz CT molecular complexity index is 3700. The van der Waals surface area contributed by atoms with Crippen LogP contribution in [0.2, 0.25) is 0 Å². The molecule has 326 valence electrons. The highest BCUT2D eigenvalue weighted by Gasteiger charge is 2.42. The molecule has 68 heavy (non-hydrogen) atoms. The van der Waals surface area contributed by atoms with E-state index in [9.17, 15) is 0 Å². The summed E-state index contributed by atoms with van der Waals surface area (Å²) in [5.41, 5.74) is 19.9. The monoisotopic (exact) mass is 873 g/mol. The SMILES string of the molecule is CC1(c2ccccc2)c2ccccc2-c2c(-c3ccccc3N(c3ccccc3-c3ccc4c(c3)oc3ccccc34)c3ccccc3-c3cccc4cccc(C5CCCCC5)c34)cccc21. The number of rotatable bonds is 8. The van der Waals surface area contributed by atoms with Gasteiger partial charge in [-0.25, -0.2) is 0 Å². The standard InChI is InChI=1S/C66H51NO/c1-66(47-25-6-3-7-26-47)57-35-13-8-31-56(57)65-55(34-20-36-58(65)66)51-29-11-16-39-61(51)67(59-37-14-9-27-48(59)46-41-42-53-52-30-12-17-40-62(52)68-63(53)43-46)60-38-15-10-28-50(60)54-33-19-24-45-23-18-32-49(64(45)54)44-21-4-2-5-22-44/h3,6-20,23-44H,2,4-5,21-22H2,1H3. The first kappa shape index (κ1) is 40.3. The van der Waals surface area contributed by atoms with E-state index in [1.54, 1.807) is 0 Å². The van der Waals surface area contributed by atoms with Gasteiger partial charge in [-0.1, -0.05) is 207 Å². The summed E-state index contributed by atoms with van der Waals surface area (Å²) in [4.78, 5) is 2.56. The van der Waals surface area contributed by atoms with Crippen LogP contribution < -0.4 is 4.90 Å². The maximum atomic E-state index is 6.55. The molecule has 2 aliphatic rings. The lowest BCUT2D eigenvalue weighted by Gasteiger charge is -2.32. The van der Waals surface area contributed by atoms with E-state index in [0.29, 0.717) is 5.92 Å². The lowest BCUT2D eigenvalue weighted by atomic mass is 9.74. The number of benzene rings is 10. The first-order valence-electron chi connectivity index (χ1n) is 24.5. The van der Waals surface area contributed by atoms with E-state index in [-0.39, 0.29) is 5.41 Å². The summed E-state index contributed by atoms with van der Waals surface area (Å²) in [6.45, 7) is 2.41. The van der Waals surface area contributed by atoms with Crippen molar-refractivity contribution >= 4 is 49.8 Å². The van der Waals surface area contributed by atoms with E-state index in [2.05, 4.69) is 230 Å². The molecule has 1 fully saturated rings. The molecule has 1 unspecified atom stereocenters. The molecule has 0 bridgehead atoms. The van der Waals surface area contributed by atoms with E-state index in [4.69, 9.17) is 4.42 Å². The van der Waals surface area contributed by atoms with Gasteiger partial charge < -0.3 is 9.32 Å². The van der Waals surface area contributed by atoms with Crippen LogP contribution in [0.3, 0.4) is 0 Å². The van der Waals surface area contributed by atoms with Crippen molar-refractivity contribution in [3.05, 3.63) is 247 Å². The first-order valence-corrected chi connectivity index (χ1v) is 24.5. The zero-order valence-electron chi connectivity index (χ0n) is 38.3. The van der Waals surface area contributed by atoms with Gasteiger partial charge >= 0.3 is 0 Å². The normalized spacial score (nSPS) is 15.7. The molecule has 0 N–H and O–H groups in total. The minimum Gasteiger partial charge on any atom is -0.456 e. The van der Waals surface area contributed by atoms with E-state index >= 15 is 0 Å². The summed E-state index contributed by atoms with van der Waals surface area (Å²) < 4.78 is 6.55. The number of anilines is 3. The van der Waals surface area contributed by atoms with Gasteiger partial charge in [0.25, 0.3) is 0 Å². The van der Waals surface area contributed by atoms with Gasteiger partial charge in [-0.2, -0.15) is 0 Å². The summed E-state index contributed by atoms with van der Waals surface area (Å²) in [5.74, 6) is 0.552.